The van der Waals surface area contributed by atoms with Gasteiger partial charge in [0.25, 0.3) is 0 Å². The van der Waals surface area contributed by atoms with Gasteiger partial charge < -0.3 is 4.74 Å². The van der Waals surface area contributed by atoms with E-state index < -0.39 is 0 Å². The first-order valence-electron chi connectivity index (χ1n) is 7.66. The highest BCUT2D eigenvalue weighted by Gasteiger charge is 2.19. The summed E-state index contributed by atoms with van der Waals surface area (Å²) in [5, 5.41) is 0. The summed E-state index contributed by atoms with van der Waals surface area (Å²) in [5.41, 5.74) is 5.19. The molecule has 2 aromatic carbocycles. The van der Waals surface area contributed by atoms with Crippen LogP contribution in [0, 0.1) is 0 Å². The first-order valence-corrected chi connectivity index (χ1v) is 7.66. The average Bonchev–Trinajstić information content (AvgIpc) is 2.54. The van der Waals surface area contributed by atoms with Gasteiger partial charge in [0.2, 0.25) is 0 Å². The Labute approximate surface area is 133 Å². The van der Waals surface area contributed by atoms with Crippen LogP contribution in [-0.2, 0) is 16.2 Å². The molecule has 0 aliphatic carbocycles. The maximum absolute atomic E-state index is 5.78. The van der Waals surface area contributed by atoms with Crippen molar-refractivity contribution in [3.8, 4) is 0 Å². The monoisotopic (exact) mass is 299 g/mol. The average molecular weight is 299 g/mol. The molecule has 0 aromatic heterocycles. The second kappa shape index (κ2) is 8.08. The lowest BCUT2D eigenvalue weighted by molar-refractivity contribution is -0.0822. The number of ether oxygens (including phenoxy) is 1. The van der Waals surface area contributed by atoms with Gasteiger partial charge in [0.1, 0.15) is 6.10 Å². The minimum absolute atomic E-state index is 0.00500. The summed E-state index contributed by atoms with van der Waals surface area (Å²) >= 11 is 0. The zero-order valence-corrected chi connectivity index (χ0v) is 13.6. The normalized spacial score (nSPS) is 13.0. The van der Waals surface area contributed by atoms with Crippen molar-refractivity contribution < 1.29 is 9.57 Å². The molecule has 2 aromatic rings. The number of benzene rings is 2. The van der Waals surface area contributed by atoms with Crippen LogP contribution >= 0.6 is 0 Å². The third-order valence-electron chi connectivity index (χ3n) is 3.36. The lowest BCUT2D eigenvalue weighted by atomic mass is 10.1. The highest BCUT2D eigenvalue weighted by molar-refractivity contribution is 5.16. The summed E-state index contributed by atoms with van der Waals surface area (Å²) < 4.78 is 5.78. The van der Waals surface area contributed by atoms with Gasteiger partial charge in [-0.2, -0.15) is 5.48 Å². The SMILES string of the molecule is CC(ONC(C)(C)COCc1ccccc1)c1ccccc1. The van der Waals surface area contributed by atoms with Crippen molar-refractivity contribution in [1.82, 2.24) is 5.48 Å². The molecule has 0 spiro atoms. The first-order chi connectivity index (χ1) is 10.6. The summed E-state index contributed by atoms with van der Waals surface area (Å²) in [6.07, 6.45) is -0.00500. The van der Waals surface area contributed by atoms with E-state index >= 15 is 0 Å². The van der Waals surface area contributed by atoms with Crippen LogP contribution in [0.15, 0.2) is 60.7 Å². The van der Waals surface area contributed by atoms with Crippen LogP contribution in [0.25, 0.3) is 0 Å². The van der Waals surface area contributed by atoms with Crippen LogP contribution in [0.5, 0.6) is 0 Å². The Kier molecular flexibility index (Phi) is 6.13. The highest BCUT2D eigenvalue weighted by atomic mass is 16.7. The van der Waals surface area contributed by atoms with Crippen molar-refractivity contribution in [3.05, 3.63) is 71.8 Å². The van der Waals surface area contributed by atoms with Gasteiger partial charge >= 0.3 is 0 Å². The van der Waals surface area contributed by atoms with Crippen molar-refractivity contribution in [1.29, 1.82) is 0 Å². The fourth-order valence-corrected chi connectivity index (χ4v) is 2.07. The van der Waals surface area contributed by atoms with E-state index in [9.17, 15) is 0 Å². The molecule has 118 valence electrons. The largest absolute Gasteiger partial charge is 0.375 e. The van der Waals surface area contributed by atoms with E-state index in [1.54, 1.807) is 0 Å². The Morgan fingerprint density at radius 3 is 2.18 bits per heavy atom. The fraction of sp³-hybridized carbons (Fsp3) is 0.368. The summed E-state index contributed by atoms with van der Waals surface area (Å²) in [5.74, 6) is 0. The van der Waals surface area contributed by atoms with Crippen LogP contribution in [-0.4, -0.2) is 12.1 Å². The molecule has 3 heteroatoms. The van der Waals surface area contributed by atoms with E-state index in [4.69, 9.17) is 9.57 Å². The minimum Gasteiger partial charge on any atom is -0.375 e. The van der Waals surface area contributed by atoms with Crippen molar-refractivity contribution in [3.63, 3.8) is 0 Å². The third kappa shape index (κ3) is 5.60. The lowest BCUT2D eigenvalue weighted by Gasteiger charge is -2.27. The van der Waals surface area contributed by atoms with Crippen LogP contribution in [0.3, 0.4) is 0 Å². The van der Waals surface area contributed by atoms with Gasteiger partial charge in [0, 0.05) is 0 Å². The van der Waals surface area contributed by atoms with Gasteiger partial charge in [-0.1, -0.05) is 60.7 Å². The molecule has 0 amide bonds. The molecular formula is C19H25NO2. The number of rotatable bonds is 8. The summed E-state index contributed by atoms with van der Waals surface area (Å²) in [7, 11) is 0. The molecule has 0 aliphatic rings. The van der Waals surface area contributed by atoms with Crippen LogP contribution < -0.4 is 5.48 Å². The smallest absolute Gasteiger partial charge is 0.101 e. The zero-order chi connectivity index (χ0) is 15.8. The molecule has 0 saturated heterocycles. The molecule has 0 fully saturated rings. The van der Waals surface area contributed by atoms with E-state index in [0.717, 1.165) is 5.56 Å². The zero-order valence-electron chi connectivity index (χ0n) is 13.6. The fourth-order valence-electron chi connectivity index (χ4n) is 2.07. The van der Waals surface area contributed by atoms with Crippen molar-refractivity contribution >= 4 is 0 Å². The topological polar surface area (TPSA) is 30.5 Å². The predicted octanol–water partition coefficient (Wildman–Crippen LogP) is 4.26. The number of nitrogens with one attached hydrogen (secondary N) is 1. The third-order valence-corrected chi connectivity index (χ3v) is 3.36. The molecule has 3 nitrogen and oxygen atoms in total. The van der Waals surface area contributed by atoms with Crippen molar-refractivity contribution in [2.24, 2.45) is 0 Å². The van der Waals surface area contributed by atoms with Crippen LogP contribution in [0.4, 0.5) is 0 Å². The number of hydrogen-bond acceptors (Lipinski definition) is 3. The van der Waals surface area contributed by atoms with Gasteiger partial charge in [-0.15, -0.1) is 0 Å². The molecule has 0 bridgehead atoms. The van der Waals surface area contributed by atoms with Crippen molar-refractivity contribution in [2.45, 2.75) is 39.0 Å². The Morgan fingerprint density at radius 1 is 0.955 bits per heavy atom. The van der Waals surface area contributed by atoms with Gasteiger partial charge in [0.15, 0.2) is 0 Å². The van der Waals surface area contributed by atoms with E-state index in [0.29, 0.717) is 13.2 Å². The highest BCUT2D eigenvalue weighted by Crippen LogP contribution is 2.16. The second-order valence-corrected chi connectivity index (χ2v) is 6.14. The molecule has 1 atom stereocenters. The van der Waals surface area contributed by atoms with Crippen LogP contribution in [0.2, 0.25) is 0 Å². The Bertz CT molecular complexity index is 540. The summed E-state index contributed by atoms with van der Waals surface area (Å²) in [6.45, 7) is 7.35. The first kappa shape index (κ1) is 16.7. The lowest BCUT2D eigenvalue weighted by Crippen LogP contribution is -2.43. The summed E-state index contributed by atoms with van der Waals surface area (Å²) in [4.78, 5) is 5.77. The maximum atomic E-state index is 5.78. The van der Waals surface area contributed by atoms with Crippen molar-refractivity contribution in [2.75, 3.05) is 6.61 Å². The van der Waals surface area contributed by atoms with E-state index in [2.05, 4.69) is 43.6 Å². The Hall–Kier alpha value is -1.68. The van der Waals surface area contributed by atoms with E-state index in [-0.39, 0.29) is 11.6 Å². The molecule has 22 heavy (non-hydrogen) atoms. The van der Waals surface area contributed by atoms with Gasteiger partial charge in [-0.3, -0.25) is 4.84 Å². The van der Waals surface area contributed by atoms with Gasteiger partial charge in [0.05, 0.1) is 18.8 Å². The molecule has 1 N–H and O–H groups in total. The Morgan fingerprint density at radius 2 is 1.55 bits per heavy atom. The molecule has 1 unspecified atom stereocenters. The minimum atomic E-state index is -0.252. The standard InChI is InChI=1S/C19H25NO2/c1-16(18-12-8-5-9-13-18)22-20-19(2,3)15-21-14-17-10-6-4-7-11-17/h4-13,16,20H,14-15H2,1-3H3. The van der Waals surface area contributed by atoms with E-state index in [1.165, 1.54) is 5.56 Å². The van der Waals surface area contributed by atoms with Gasteiger partial charge in [-0.25, -0.2) is 0 Å². The molecular weight excluding hydrogens is 274 g/mol. The van der Waals surface area contributed by atoms with Crippen LogP contribution in [0.1, 0.15) is 38.0 Å². The molecule has 0 aliphatic heterocycles. The molecule has 0 radical (unpaired) electrons. The second-order valence-electron chi connectivity index (χ2n) is 6.14. The summed E-state index contributed by atoms with van der Waals surface area (Å²) in [6, 6.07) is 20.3. The molecule has 0 saturated carbocycles. The quantitative estimate of drug-likeness (QED) is 0.739. The van der Waals surface area contributed by atoms with Gasteiger partial charge in [-0.05, 0) is 31.9 Å². The molecule has 0 heterocycles. The number of hydrogen-bond donors (Lipinski definition) is 1. The predicted molar refractivity (Wildman–Crippen MR) is 89.3 cm³/mol. The Balaban J connectivity index is 1.74. The maximum Gasteiger partial charge on any atom is 0.101 e. The molecule has 2 rings (SSSR count). The van der Waals surface area contributed by atoms with E-state index in [1.807, 2.05) is 43.3 Å². The number of hydroxylamine groups is 1.